The molecule has 0 spiro atoms. The summed E-state index contributed by atoms with van der Waals surface area (Å²) in [5, 5.41) is 11.0. The predicted octanol–water partition coefficient (Wildman–Crippen LogP) is 3.02. The van der Waals surface area contributed by atoms with E-state index in [9.17, 15) is 18.4 Å². The highest BCUT2D eigenvalue weighted by Crippen LogP contribution is 2.25. The van der Waals surface area contributed by atoms with Gasteiger partial charge in [-0.3, -0.25) is 4.79 Å². The molecule has 0 aliphatic rings. The van der Waals surface area contributed by atoms with Crippen LogP contribution < -0.4 is 5.32 Å². The SMILES string of the molecule is O=C(COC(c1ccccc1)c1ccccc1)NC(CC(F)F)C(=O)O. The van der Waals surface area contributed by atoms with Crippen molar-refractivity contribution in [3.05, 3.63) is 71.8 Å². The molecule has 7 heteroatoms. The summed E-state index contributed by atoms with van der Waals surface area (Å²) in [7, 11) is 0. The first-order valence-electron chi connectivity index (χ1n) is 7.99. The number of carboxylic acids is 1. The Bertz CT molecular complexity index is 670. The second-order valence-electron chi connectivity index (χ2n) is 5.60. The fourth-order valence-electron chi connectivity index (χ4n) is 2.44. The third-order valence-electron chi connectivity index (χ3n) is 3.63. The van der Waals surface area contributed by atoms with Gasteiger partial charge in [0, 0.05) is 6.42 Å². The summed E-state index contributed by atoms with van der Waals surface area (Å²) in [6.07, 6.45) is -4.33. The molecule has 0 aliphatic carbocycles. The van der Waals surface area contributed by atoms with Crippen molar-refractivity contribution in [2.45, 2.75) is 25.0 Å². The van der Waals surface area contributed by atoms with Crippen LogP contribution in [-0.2, 0) is 14.3 Å². The highest BCUT2D eigenvalue weighted by atomic mass is 19.3. The first-order chi connectivity index (χ1) is 12.5. The van der Waals surface area contributed by atoms with Gasteiger partial charge in [-0.2, -0.15) is 0 Å². The van der Waals surface area contributed by atoms with Crippen molar-refractivity contribution < 1.29 is 28.2 Å². The van der Waals surface area contributed by atoms with Crippen LogP contribution in [-0.4, -0.2) is 36.1 Å². The van der Waals surface area contributed by atoms with Gasteiger partial charge in [-0.05, 0) is 11.1 Å². The molecule has 26 heavy (non-hydrogen) atoms. The van der Waals surface area contributed by atoms with Gasteiger partial charge in [0.2, 0.25) is 12.3 Å². The van der Waals surface area contributed by atoms with Gasteiger partial charge < -0.3 is 15.2 Å². The minimum atomic E-state index is -2.83. The number of hydrogen-bond donors (Lipinski definition) is 2. The monoisotopic (exact) mass is 363 g/mol. The van der Waals surface area contributed by atoms with Crippen LogP contribution in [0.5, 0.6) is 0 Å². The molecule has 1 atom stereocenters. The van der Waals surface area contributed by atoms with E-state index in [2.05, 4.69) is 5.32 Å². The molecule has 1 amide bonds. The maximum Gasteiger partial charge on any atom is 0.326 e. The summed E-state index contributed by atoms with van der Waals surface area (Å²) in [4.78, 5) is 22.9. The largest absolute Gasteiger partial charge is 0.480 e. The van der Waals surface area contributed by atoms with E-state index in [0.29, 0.717) is 0 Å². The zero-order valence-corrected chi connectivity index (χ0v) is 13.8. The molecule has 5 nitrogen and oxygen atoms in total. The van der Waals surface area contributed by atoms with Gasteiger partial charge in [-0.1, -0.05) is 60.7 Å². The van der Waals surface area contributed by atoms with Crippen molar-refractivity contribution in [2.75, 3.05) is 6.61 Å². The molecule has 0 saturated heterocycles. The lowest BCUT2D eigenvalue weighted by Gasteiger charge is -2.20. The van der Waals surface area contributed by atoms with Crippen molar-refractivity contribution in [1.82, 2.24) is 5.32 Å². The lowest BCUT2D eigenvalue weighted by atomic mass is 10.0. The normalized spacial score (nSPS) is 12.2. The van der Waals surface area contributed by atoms with Crippen molar-refractivity contribution in [3.63, 3.8) is 0 Å². The number of ether oxygens (including phenoxy) is 1. The molecular weight excluding hydrogens is 344 g/mol. The lowest BCUT2D eigenvalue weighted by molar-refractivity contribution is -0.144. The molecule has 0 saturated carbocycles. The number of benzene rings is 2. The quantitative estimate of drug-likeness (QED) is 0.718. The number of rotatable bonds is 9. The lowest BCUT2D eigenvalue weighted by Crippen LogP contribution is -2.43. The molecular formula is C19H19F2NO4. The van der Waals surface area contributed by atoms with E-state index >= 15 is 0 Å². The average molecular weight is 363 g/mol. The maximum absolute atomic E-state index is 12.4. The molecule has 1 unspecified atom stereocenters. The number of nitrogens with one attached hydrogen (secondary N) is 1. The van der Waals surface area contributed by atoms with Crippen LogP contribution in [0.3, 0.4) is 0 Å². The molecule has 138 valence electrons. The number of alkyl halides is 2. The topological polar surface area (TPSA) is 75.6 Å². The van der Waals surface area contributed by atoms with Crippen LogP contribution in [0.15, 0.2) is 60.7 Å². The molecule has 0 bridgehead atoms. The Kier molecular flexibility index (Phi) is 7.23. The minimum absolute atomic E-state index is 0.457. The standard InChI is InChI=1S/C19H19F2NO4/c20-16(21)11-15(19(24)25)22-17(23)12-26-18(13-7-3-1-4-8-13)14-9-5-2-6-10-14/h1-10,15-16,18H,11-12H2,(H,22,23)(H,24,25). The van der Waals surface area contributed by atoms with Crippen LogP contribution in [0.2, 0.25) is 0 Å². The van der Waals surface area contributed by atoms with Gasteiger partial charge >= 0.3 is 5.97 Å². The maximum atomic E-state index is 12.4. The summed E-state index contributed by atoms with van der Waals surface area (Å²) < 4.78 is 30.5. The summed E-state index contributed by atoms with van der Waals surface area (Å²) in [5.41, 5.74) is 1.63. The van der Waals surface area contributed by atoms with Gasteiger partial charge in [-0.15, -0.1) is 0 Å². The van der Waals surface area contributed by atoms with E-state index < -0.39 is 43.5 Å². The van der Waals surface area contributed by atoms with Crippen molar-refractivity contribution in [1.29, 1.82) is 0 Å². The number of carbonyl (C=O) groups excluding carboxylic acids is 1. The molecule has 2 rings (SSSR count). The van der Waals surface area contributed by atoms with Gasteiger partial charge in [-0.25, -0.2) is 13.6 Å². The van der Waals surface area contributed by atoms with Crippen LogP contribution in [0, 0.1) is 0 Å². The van der Waals surface area contributed by atoms with Crippen molar-refractivity contribution in [2.24, 2.45) is 0 Å². The van der Waals surface area contributed by atoms with Gasteiger partial charge in [0.25, 0.3) is 0 Å². The van der Waals surface area contributed by atoms with Gasteiger partial charge in [0.15, 0.2) is 0 Å². The number of hydrogen-bond acceptors (Lipinski definition) is 3. The Morgan fingerprint density at radius 2 is 1.46 bits per heavy atom. The first-order valence-corrected chi connectivity index (χ1v) is 7.99. The molecule has 0 aliphatic heterocycles. The van der Waals surface area contributed by atoms with Gasteiger partial charge in [0.1, 0.15) is 18.8 Å². The smallest absolute Gasteiger partial charge is 0.326 e. The van der Waals surface area contributed by atoms with Crippen LogP contribution in [0.4, 0.5) is 8.78 Å². The summed E-state index contributed by atoms with van der Waals surface area (Å²) >= 11 is 0. The van der Waals surface area contributed by atoms with E-state index in [1.54, 1.807) is 0 Å². The average Bonchev–Trinajstić information content (AvgIpc) is 2.62. The van der Waals surface area contributed by atoms with Crippen LogP contribution >= 0.6 is 0 Å². The van der Waals surface area contributed by atoms with E-state index in [1.165, 1.54) is 0 Å². The highest BCUT2D eigenvalue weighted by molar-refractivity contribution is 5.84. The van der Waals surface area contributed by atoms with E-state index in [-0.39, 0.29) is 0 Å². The Hall–Kier alpha value is -2.80. The molecule has 2 aromatic rings. The summed E-state index contributed by atoms with van der Waals surface area (Å²) in [5.74, 6) is -2.28. The van der Waals surface area contributed by atoms with E-state index in [4.69, 9.17) is 9.84 Å². The fraction of sp³-hybridized carbons (Fsp3) is 0.263. The molecule has 0 fully saturated rings. The third-order valence-corrected chi connectivity index (χ3v) is 3.63. The number of carbonyl (C=O) groups is 2. The van der Waals surface area contributed by atoms with Crippen molar-refractivity contribution >= 4 is 11.9 Å². The van der Waals surface area contributed by atoms with E-state index in [1.807, 2.05) is 60.7 Å². The Morgan fingerprint density at radius 1 is 0.962 bits per heavy atom. The molecule has 0 heterocycles. The molecule has 0 radical (unpaired) electrons. The van der Waals surface area contributed by atoms with Crippen molar-refractivity contribution in [3.8, 4) is 0 Å². The Balaban J connectivity index is 2.05. The Labute approximate surface area is 149 Å². The second-order valence-corrected chi connectivity index (χ2v) is 5.60. The number of carboxylic acid groups (broad SMARTS) is 1. The fourth-order valence-corrected chi connectivity index (χ4v) is 2.44. The highest BCUT2D eigenvalue weighted by Gasteiger charge is 2.25. The zero-order valence-electron chi connectivity index (χ0n) is 13.8. The molecule has 0 aromatic heterocycles. The van der Waals surface area contributed by atoms with E-state index in [0.717, 1.165) is 11.1 Å². The molecule has 2 N–H and O–H groups in total. The number of amides is 1. The third kappa shape index (κ3) is 5.93. The minimum Gasteiger partial charge on any atom is -0.480 e. The van der Waals surface area contributed by atoms with Gasteiger partial charge in [0.05, 0.1) is 0 Å². The molecule has 2 aromatic carbocycles. The zero-order chi connectivity index (χ0) is 18.9. The summed E-state index contributed by atoms with van der Waals surface area (Å²) in [6, 6.07) is 16.7. The Morgan fingerprint density at radius 3 is 1.88 bits per heavy atom. The predicted molar refractivity (Wildman–Crippen MR) is 90.9 cm³/mol. The number of aliphatic carboxylic acids is 1. The summed E-state index contributed by atoms with van der Waals surface area (Å²) in [6.45, 7) is -0.457. The van der Waals surface area contributed by atoms with Crippen LogP contribution in [0.1, 0.15) is 23.7 Å². The number of halogens is 2. The first kappa shape index (κ1) is 19.5. The van der Waals surface area contributed by atoms with Crippen LogP contribution in [0.25, 0.3) is 0 Å². The second kappa shape index (κ2) is 9.62.